The van der Waals surface area contributed by atoms with Gasteiger partial charge in [-0.25, -0.2) is 14.5 Å². The lowest BCUT2D eigenvalue weighted by molar-refractivity contribution is 0.122. The van der Waals surface area contributed by atoms with E-state index >= 15 is 0 Å². The topological polar surface area (TPSA) is 120 Å². The average Bonchev–Trinajstić information content (AvgIpc) is 3.45. The van der Waals surface area contributed by atoms with Crippen LogP contribution in [0.25, 0.3) is 27.9 Å². The van der Waals surface area contributed by atoms with Crippen LogP contribution in [0, 0.1) is 0 Å². The molecule has 5 aromatic rings. The number of hydrogen-bond acceptors (Lipinski definition) is 10. The lowest BCUT2D eigenvalue weighted by Crippen LogP contribution is -2.36. The number of nitrogens with zero attached hydrogens (tertiary/aromatic N) is 8. The zero-order chi connectivity index (χ0) is 37.5. The highest BCUT2D eigenvalue weighted by Gasteiger charge is 2.20. The Morgan fingerprint density at radius 2 is 2.03 bits per heavy atom. The summed E-state index contributed by atoms with van der Waals surface area (Å²) >= 11 is 0. The zero-order valence-electron chi connectivity index (χ0n) is 32.9. The van der Waals surface area contributed by atoms with Crippen LogP contribution < -0.4 is 20.3 Å². The van der Waals surface area contributed by atoms with Gasteiger partial charge in [0.05, 0.1) is 43.1 Å². The first-order valence-electron chi connectivity index (χ1n) is 17.7. The Morgan fingerprint density at radius 1 is 1.18 bits per heavy atom. The summed E-state index contributed by atoms with van der Waals surface area (Å²) < 4.78 is 118. The maximum absolute atomic E-state index is 8.67. The molecule has 0 bridgehead atoms. The minimum atomic E-state index is -3.27. The van der Waals surface area contributed by atoms with Gasteiger partial charge in [-0.2, -0.15) is 0 Å². The fourth-order valence-corrected chi connectivity index (χ4v) is 3.93. The number of morpholine rings is 1. The number of pyridine rings is 2. The highest BCUT2D eigenvalue weighted by atomic mass is 16.5. The van der Waals surface area contributed by atoms with Gasteiger partial charge in [-0.05, 0) is 42.7 Å². The Hall–Kier alpha value is -4.51. The molecular formula is C27H29N9O2. The Bertz CT molecular complexity index is 2100. The van der Waals surface area contributed by atoms with Crippen LogP contribution in [0.4, 0.5) is 17.3 Å². The number of fused-ring (bicyclic) bond motifs is 2. The maximum atomic E-state index is 8.67. The number of nitrogen functional groups attached to an aromatic ring is 1. The van der Waals surface area contributed by atoms with Crippen molar-refractivity contribution in [2.24, 2.45) is 0 Å². The summed E-state index contributed by atoms with van der Waals surface area (Å²) in [6.07, 6.45) is 2.41. The van der Waals surface area contributed by atoms with Crippen LogP contribution in [-0.4, -0.2) is 69.5 Å². The fraction of sp³-hybridized carbons (Fsp3) is 0.296. The van der Waals surface area contributed by atoms with Crippen molar-refractivity contribution in [3.63, 3.8) is 0 Å². The van der Waals surface area contributed by atoms with Gasteiger partial charge in [-0.3, -0.25) is 0 Å². The molecule has 0 radical (unpaired) electrons. The molecule has 0 atom stereocenters. The largest absolute Gasteiger partial charge is 0.497 e. The minimum absolute atomic E-state index is 0.0113. The number of methoxy groups -OCH3 is 1. The van der Waals surface area contributed by atoms with E-state index in [1.54, 1.807) is 24.3 Å². The summed E-state index contributed by atoms with van der Waals surface area (Å²) in [7, 11) is 1.48. The monoisotopic (exact) mass is 524 g/mol. The predicted octanol–water partition coefficient (Wildman–Crippen LogP) is 3.19. The quantitative estimate of drug-likeness (QED) is 0.340. The Balaban J connectivity index is 1.48. The van der Waals surface area contributed by atoms with Crippen molar-refractivity contribution in [3.05, 3.63) is 60.4 Å². The minimum Gasteiger partial charge on any atom is -0.497 e. The second-order valence-corrected chi connectivity index (χ2v) is 8.06. The van der Waals surface area contributed by atoms with Crippen molar-refractivity contribution in [1.82, 2.24) is 29.8 Å². The third-order valence-corrected chi connectivity index (χ3v) is 5.75. The van der Waals surface area contributed by atoms with Crippen LogP contribution >= 0.6 is 0 Å². The number of benzene rings is 1. The first kappa shape index (κ1) is 13.3. The van der Waals surface area contributed by atoms with Crippen LogP contribution in [0.1, 0.15) is 30.2 Å². The second-order valence-electron chi connectivity index (χ2n) is 8.06. The van der Waals surface area contributed by atoms with Crippen molar-refractivity contribution in [3.8, 4) is 17.1 Å². The molecule has 11 heteroatoms. The molecule has 4 aromatic heterocycles. The number of hydrogen-bond donors (Lipinski definition) is 1. The smallest absolute Gasteiger partial charge is 0.184 e. The number of rotatable bonds is 7. The highest BCUT2D eigenvalue weighted by Crippen LogP contribution is 2.32. The summed E-state index contributed by atoms with van der Waals surface area (Å²) in [6.45, 7) is -19.3. The van der Waals surface area contributed by atoms with E-state index in [9.17, 15) is 0 Å². The van der Waals surface area contributed by atoms with Gasteiger partial charge in [0.1, 0.15) is 17.1 Å². The summed E-state index contributed by atoms with van der Waals surface area (Å²) in [5, 5.41) is 12.7. The third-order valence-electron chi connectivity index (χ3n) is 5.75. The lowest BCUT2D eigenvalue weighted by atomic mass is 10.1. The van der Waals surface area contributed by atoms with E-state index in [0.29, 0.717) is 16.2 Å². The summed E-state index contributed by atoms with van der Waals surface area (Å²) in [5.74, 6) is 0.301. The molecule has 0 unspecified atom stereocenters. The predicted molar refractivity (Wildman–Crippen MR) is 146 cm³/mol. The Morgan fingerprint density at radius 3 is 2.82 bits per heavy atom. The van der Waals surface area contributed by atoms with E-state index in [1.165, 1.54) is 31.5 Å². The average molecular weight is 525 g/mol. The van der Waals surface area contributed by atoms with Gasteiger partial charge < -0.3 is 25.0 Å². The van der Waals surface area contributed by atoms with Crippen molar-refractivity contribution >= 4 is 33.9 Å². The second kappa shape index (κ2) is 10.1. The molecule has 0 saturated carbocycles. The number of ether oxygens (including phenoxy) is 2. The standard InChI is InChI=1S/C27H29N9O2/c1-3-34(16-18-4-7-20(37-2)8-5-18)27-25-21(14-23(28)31-32-25)22(15-29-27)26-30-24-9-6-19(17-36(24)33-26)35-10-12-38-13-11-35/h4-9,14-15,17H,3,10-13,16H2,1-2H3,(H2,28,31)/i1D3,3D2,10D2,11D2,12D2,13D2. The van der Waals surface area contributed by atoms with Crippen LogP contribution in [0.5, 0.6) is 5.75 Å². The van der Waals surface area contributed by atoms with Gasteiger partial charge in [-0.1, -0.05) is 12.1 Å². The van der Waals surface area contributed by atoms with Crippen LogP contribution in [0.3, 0.4) is 0 Å². The Labute approximate surface area is 238 Å². The van der Waals surface area contributed by atoms with Crippen molar-refractivity contribution < 1.29 is 27.3 Å². The van der Waals surface area contributed by atoms with E-state index < -0.39 is 39.5 Å². The van der Waals surface area contributed by atoms with E-state index in [4.69, 9.17) is 28.3 Å². The SMILES string of the molecule is [2H]C([2H])([2H])C([2H])([2H])N(Cc1ccc(OC)cc1)c1ncc(-c2nc3ccc(N4C([2H])([2H])C([2H])([2H])OC([2H])([2H])C4([2H])[2H])cn3n2)c2cc(N)nnc12. The molecule has 194 valence electrons. The first-order valence-corrected chi connectivity index (χ1v) is 11.2. The van der Waals surface area contributed by atoms with Gasteiger partial charge in [0.15, 0.2) is 17.3 Å². The summed E-state index contributed by atoms with van der Waals surface area (Å²) in [5.41, 5.74) is 6.55. The lowest BCUT2D eigenvalue weighted by Gasteiger charge is -2.28. The molecule has 1 aliphatic rings. The van der Waals surface area contributed by atoms with E-state index in [1.807, 2.05) is 0 Å². The highest BCUT2D eigenvalue weighted by molar-refractivity contribution is 5.99. The van der Waals surface area contributed by atoms with Gasteiger partial charge in [0.25, 0.3) is 0 Å². The zero-order valence-corrected chi connectivity index (χ0v) is 19.9. The van der Waals surface area contributed by atoms with Gasteiger partial charge >= 0.3 is 0 Å². The van der Waals surface area contributed by atoms with Crippen LogP contribution in [-0.2, 0) is 11.3 Å². The van der Waals surface area contributed by atoms with Crippen molar-refractivity contribution in [2.75, 3.05) is 55.3 Å². The number of anilines is 3. The molecule has 11 nitrogen and oxygen atoms in total. The molecule has 5 heterocycles. The number of aromatic nitrogens is 6. The van der Waals surface area contributed by atoms with E-state index in [0.717, 1.165) is 15.6 Å². The molecule has 2 N–H and O–H groups in total. The summed E-state index contributed by atoms with van der Waals surface area (Å²) in [6, 6.07) is 10.5. The van der Waals surface area contributed by atoms with Gasteiger partial charge in [0, 0.05) is 50.0 Å². The van der Waals surface area contributed by atoms with E-state index in [-0.39, 0.29) is 51.8 Å². The van der Waals surface area contributed by atoms with Crippen molar-refractivity contribution in [2.45, 2.75) is 13.4 Å². The van der Waals surface area contributed by atoms with Crippen LogP contribution in [0.15, 0.2) is 54.9 Å². The molecule has 0 amide bonds. The van der Waals surface area contributed by atoms with E-state index in [2.05, 4.69) is 30.0 Å². The fourth-order valence-electron chi connectivity index (χ4n) is 3.93. The third kappa shape index (κ3) is 4.52. The molecule has 38 heavy (non-hydrogen) atoms. The molecule has 1 fully saturated rings. The molecular weight excluding hydrogens is 482 g/mol. The molecule has 1 aliphatic heterocycles. The molecule has 0 aliphatic carbocycles. The maximum Gasteiger partial charge on any atom is 0.184 e. The Kier molecular flexibility index (Phi) is 3.54. The van der Waals surface area contributed by atoms with Crippen LogP contribution in [0.2, 0.25) is 0 Å². The number of nitrogens with two attached hydrogens (primary N) is 1. The molecule has 6 rings (SSSR count). The molecule has 1 aromatic carbocycles. The van der Waals surface area contributed by atoms with Gasteiger partial charge in [0.2, 0.25) is 0 Å². The normalized spacial score (nSPS) is 24.9. The first-order chi connectivity index (χ1) is 23.5. The van der Waals surface area contributed by atoms with Gasteiger partial charge in [-0.15, -0.1) is 15.3 Å². The van der Waals surface area contributed by atoms with Crippen molar-refractivity contribution in [1.29, 1.82) is 0 Å². The summed E-state index contributed by atoms with van der Waals surface area (Å²) in [4.78, 5) is 10.2. The molecule has 0 spiro atoms. The molecule has 1 saturated heterocycles.